The molecule has 0 radical (unpaired) electrons. The van der Waals surface area contributed by atoms with E-state index in [2.05, 4.69) is 23.3 Å². The molecule has 1 heterocycles. The first-order chi connectivity index (χ1) is 6.42. The summed E-state index contributed by atoms with van der Waals surface area (Å²) in [5, 5.41) is 5.13. The topological polar surface area (TPSA) is 78.4 Å². The fourth-order valence-electron chi connectivity index (χ4n) is 1.23. The second-order valence-electron chi connectivity index (χ2n) is 2.91. The summed E-state index contributed by atoms with van der Waals surface area (Å²) in [7, 11) is -4.33. The van der Waals surface area contributed by atoms with Gasteiger partial charge in [0, 0.05) is 0 Å². The number of rotatable bonds is 1. The fraction of sp³-hybridized carbons (Fsp3) is 0.143. The molecular formula is C7H8N2O3S2. The Kier molecular flexibility index (Phi) is 1.91. The molecule has 3 N–H and O–H groups in total. The van der Waals surface area contributed by atoms with Crippen molar-refractivity contribution in [2.45, 2.75) is 4.33 Å². The predicted octanol–water partition coefficient (Wildman–Crippen LogP) is 0.953. The van der Waals surface area contributed by atoms with E-state index in [4.69, 9.17) is 4.55 Å². The number of hydrogen-bond donors (Lipinski definition) is 4. The van der Waals surface area contributed by atoms with Gasteiger partial charge in [0.1, 0.15) is 0 Å². The number of benzene rings is 1. The molecule has 0 amide bonds. The molecule has 2 rings (SSSR count). The van der Waals surface area contributed by atoms with Crippen LogP contribution in [0.4, 0.5) is 11.4 Å². The highest BCUT2D eigenvalue weighted by molar-refractivity contribution is 8.03. The lowest BCUT2D eigenvalue weighted by molar-refractivity contribution is 0.473. The first-order valence-corrected chi connectivity index (χ1v) is 5.66. The molecule has 0 spiro atoms. The highest BCUT2D eigenvalue weighted by atomic mass is 32.3. The molecule has 5 nitrogen and oxygen atoms in total. The summed E-state index contributed by atoms with van der Waals surface area (Å²) in [4.78, 5) is 0. The van der Waals surface area contributed by atoms with Gasteiger partial charge >= 0.3 is 10.1 Å². The third kappa shape index (κ3) is 1.33. The van der Waals surface area contributed by atoms with Gasteiger partial charge in [-0.15, -0.1) is 12.6 Å². The second-order valence-corrected chi connectivity index (χ2v) is 5.45. The molecule has 0 saturated heterocycles. The predicted molar refractivity (Wildman–Crippen MR) is 57.0 cm³/mol. The zero-order valence-corrected chi connectivity index (χ0v) is 8.64. The van der Waals surface area contributed by atoms with Crippen LogP contribution in [0.1, 0.15) is 0 Å². The van der Waals surface area contributed by atoms with Gasteiger partial charge in [0.15, 0.2) is 0 Å². The molecular weight excluding hydrogens is 224 g/mol. The van der Waals surface area contributed by atoms with Crippen LogP contribution in [0.15, 0.2) is 24.3 Å². The second kappa shape index (κ2) is 2.78. The summed E-state index contributed by atoms with van der Waals surface area (Å²) in [5.41, 5.74) is 1.17. The maximum Gasteiger partial charge on any atom is 0.319 e. The number of thiol groups is 1. The Balaban J connectivity index is 2.45. The summed E-state index contributed by atoms with van der Waals surface area (Å²) in [5.74, 6) is 0. The maximum absolute atomic E-state index is 11.0. The number of para-hydroxylation sites is 2. The van der Waals surface area contributed by atoms with Crippen molar-refractivity contribution in [3.8, 4) is 0 Å². The van der Waals surface area contributed by atoms with Crippen LogP contribution >= 0.6 is 12.6 Å². The van der Waals surface area contributed by atoms with Crippen molar-refractivity contribution in [2.24, 2.45) is 0 Å². The average Bonchev–Trinajstić information content (AvgIpc) is 2.40. The van der Waals surface area contributed by atoms with Gasteiger partial charge in [-0.1, -0.05) is 12.1 Å². The molecule has 0 aliphatic carbocycles. The van der Waals surface area contributed by atoms with E-state index >= 15 is 0 Å². The van der Waals surface area contributed by atoms with Gasteiger partial charge in [-0.3, -0.25) is 4.55 Å². The third-order valence-corrected chi connectivity index (χ3v) is 3.78. The van der Waals surface area contributed by atoms with Crippen molar-refractivity contribution in [3.63, 3.8) is 0 Å². The van der Waals surface area contributed by atoms with E-state index in [0.717, 1.165) is 0 Å². The van der Waals surface area contributed by atoms with Crippen LogP contribution < -0.4 is 10.6 Å². The number of hydrogen-bond acceptors (Lipinski definition) is 5. The quantitative estimate of drug-likeness (QED) is 0.428. The zero-order chi connectivity index (χ0) is 10.4. The Bertz CT molecular complexity index is 447. The SMILES string of the molecule is O=S(=O)(O)C1(S)Nc2ccccc2N1. The molecule has 0 aromatic heterocycles. The standard InChI is InChI=1S/C7H8N2O3S2/c10-14(11,12)7(13)8-5-3-1-2-4-6(5)9-7/h1-4,8-9,13H,(H,10,11,12). The molecule has 76 valence electrons. The smallest absolute Gasteiger partial charge is 0.319 e. The Morgan fingerprint density at radius 3 is 2.00 bits per heavy atom. The van der Waals surface area contributed by atoms with Crippen molar-refractivity contribution in [1.82, 2.24) is 0 Å². The van der Waals surface area contributed by atoms with Gasteiger partial charge in [-0.05, 0) is 12.1 Å². The minimum Gasteiger partial charge on any atom is -0.338 e. The Hall–Kier alpha value is -0.920. The molecule has 0 bridgehead atoms. The summed E-state index contributed by atoms with van der Waals surface area (Å²) in [6, 6.07) is 6.87. The normalized spacial score (nSPS) is 18.1. The van der Waals surface area contributed by atoms with Crippen LogP contribution in [-0.4, -0.2) is 17.3 Å². The molecule has 0 saturated carbocycles. The Morgan fingerprint density at radius 1 is 1.21 bits per heavy atom. The Labute approximate surface area is 86.7 Å². The molecule has 1 aromatic carbocycles. The van der Waals surface area contributed by atoms with E-state index in [1.165, 1.54) is 0 Å². The lowest BCUT2D eigenvalue weighted by atomic mass is 10.3. The van der Waals surface area contributed by atoms with E-state index in [1.807, 2.05) is 0 Å². The van der Waals surface area contributed by atoms with Gasteiger partial charge in [0.25, 0.3) is 4.33 Å². The fourth-order valence-corrected chi connectivity index (χ4v) is 1.95. The summed E-state index contributed by atoms with van der Waals surface area (Å²) >= 11 is 3.85. The number of nitrogens with one attached hydrogen (secondary N) is 2. The molecule has 0 fully saturated rings. The number of fused-ring (bicyclic) bond motifs is 1. The van der Waals surface area contributed by atoms with Crippen LogP contribution in [0.25, 0.3) is 0 Å². The summed E-state index contributed by atoms with van der Waals surface area (Å²) in [6.07, 6.45) is 0. The largest absolute Gasteiger partial charge is 0.338 e. The first kappa shape index (κ1) is 9.63. The van der Waals surface area contributed by atoms with Gasteiger partial charge in [0.05, 0.1) is 11.4 Å². The maximum atomic E-state index is 11.0. The van der Waals surface area contributed by atoms with Crippen molar-refractivity contribution in [2.75, 3.05) is 10.6 Å². The van der Waals surface area contributed by atoms with Crippen molar-refractivity contribution in [3.05, 3.63) is 24.3 Å². The zero-order valence-electron chi connectivity index (χ0n) is 6.93. The average molecular weight is 232 g/mol. The van der Waals surface area contributed by atoms with Gasteiger partial charge < -0.3 is 10.6 Å². The highest BCUT2D eigenvalue weighted by Crippen LogP contribution is 2.37. The highest BCUT2D eigenvalue weighted by Gasteiger charge is 2.44. The third-order valence-electron chi connectivity index (χ3n) is 1.91. The van der Waals surface area contributed by atoms with Gasteiger partial charge in [0.2, 0.25) is 0 Å². The van der Waals surface area contributed by atoms with E-state index in [9.17, 15) is 8.42 Å². The first-order valence-electron chi connectivity index (χ1n) is 3.77. The van der Waals surface area contributed by atoms with Crippen LogP contribution in [0.3, 0.4) is 0 Å². The van der Waals surface area contributed by atoms with E-state index in [-0.39, 0.29) is 0 Å². The van der Waals surface area contributed by atoms with Crippen molar-refractivity contribution < 1.29 is 13.0 Å². The van der Waals surface area contributed by atoms with Crippen LogP contribution in [0, 0.1) is 0 Å². The van der Waals surface area contributed by atoms with E-state index in [0.29, 0.717) is 11.4 Å². The van der Waals surface area contributed by atoms with Crippen molar-refractivity contribution >= 4 is 34.1 Å². The summed E-state index contributed by atoms with van der Waals surface area (Å²) < 4.78 is 29.0. The lowest BCUT2D eigenvalue weighted by Gasteiger charge is -2.20. The van der Waals surface area contributed by atoms with Crippen molar-refractivity contribution in [1.29, 1.82) is 0 Å². The van der Waals surface area contributed by atoms with Crippen LogP contribution in [0.5, 0.6) is 0 Å². The molecule has 0 unspecified atom stereocenters. The minimum absolute atomic E-state index is 0.583. The molecule has 1 aliphatic rings. The molecule has 1 aliphatic heterocycles. The molecule has 7 heteroatoms. The lowest BCUT2D eigenvalue weighted by Crippen LogP contribution is -2.43. The van der Waals surface area contributed by atoms with Gasteiger partial charge in [-0.2, -0.15) is 8.42 Å². The number of anilines is 2. The van der Waals surface area contributed by atoms with Crippen LogP contribution in [-0.2, 0) is 10.1 Å². The van der Waals surface area contributed by atoms with E-state index in [1.54, 1.807) is 24.3 Å². The van der Waals surface area contributed by atoms with Crippen LogP contribution in [0.2, 0.25) is 0 Å². The Morgan fingerprint density at radius 2 is 1.64 bits per heavy atom. The summed E-state index contributed by atoms with van der Waals surface area (Å²) in [6.45, 7) is 0. The van der Waals surface area contributed by atoms with E-state index < -0.39 is 14.4 Å². The molecule has 14 heavy (non-hydrogen) atoms. The minimum atomic E-state index is -4.33. The molecule has 1 aromatic rings. The van der Waals surface area contributed by atoms with Gasteiger partial charge in [-0.25, -0.2) is 0 Å². The monoisotopic (exact) mass is 232 g/mol. The molecule has 0 atom stereocenters.